The number of methoxy groups -OCH3 is 2. The van der Waals surface area contributed by atoms with Crippen LogP contribution in [0.25, 0.3) is 0 Å². The minimum Gasteiger partial charge on any atom is -0.496 e. The van der Waals surface area contributed by atoms with Crippen molar-refractivity contribution in [3.8, 4) is 11.5 Å². The van der Waals surface area contributed by atoms with E-state index in [1.165, 1.54) is 24.6 Å². The Balaban J connectivity index is 2.38. The van der Waals surface area contributed by atoms with Gasteiger partial charge in [0.2, 0.25) is 16.4 Å². The summed E-state index contributed by atoms with van der Waals surface area (Å²) < 4.78 is 37.5. The largest absolute Gasteiger partial charge is 0.496 e. The summed E-state index contributed by atoms with van der Waals surface area (Å²) in [4.78, 5) is 12.4. The van der Waals surface area contributed by atoms with Crippen LogP contribution in [0, 0.1) is 6.92 Å². The van der Waals surface area contributed by atoms with Crippen molar-refractivity contribution in [2.45, 2.75) is 11.8 Å². The van der Waals surface area contributed by atoms with Crippen LogP contribution in [0.1, 0.15) is 5.56 Å². The zero-order chi connectivity index (χ0) is 16.3. The Labute approximate surface area is 130 Å². The monoisotopic (exact) mass is 328 g/mol. The van der Waals surface area contributed by atoms with Gasteiger partial charge in [0, 0.05) is 31.7 Å². The number of ether oxygens (including phenoxy) is 2. The standard InChI is InChI=1S/C14H20N2O5S/c1-11-12(20-2)4-5-13(14(11)21-3)22(18,19)16-8-6-15(10-17)7-9-16/h4-5,10H,6-9H2,1-3H3. The summed E-state index contributed by atoms with van der Waals surface area (Å²) in [5, 5.41) is 0. The highest BCUT2D eigenvalue weighted by atomic mass is 32.2. The van der Waals surface area contributed by atoms with E-state index in [1.807, 2.05) is 0 Å². The summed E-state index contributed by atoms with van der Waals surface area (Å²) in [6, 6.07) is 3.11. The molecule has 1 fully saturated rings. The fraction of sp³-hybridized carbons (Fsp3) is 0.500. The molecule has 1 saturated heterocycles. The molecule has 1 heterocycles. The first-order chi connectivity index (χ1) is 10.5. The van der Waals surface area contributed by atoms with Gasteiger partial charge in [-0.1, -0.05) is 0 Å². The molecule has 8 heteroatoms. The van der Waals surface area contributed by atoms with Crippen molar-refractivity contribution in [2.75, 3.05) is 40.4 Å². The molecule has 0 radical (unpaired) electrons. The van der Waals surface area contributed by atoms with Gasteiger partial charge >= 0.3 is 0 Å². The van der Waals surface area contributed by atoms with E-state index < -0.39 is 10.0 Å². The third-order valence-electron chi connectivity index (χ3n) is 3.78. The maximum atomic E-state index is 12.8. The first-order valence-corrected chi connectivity index (χ1v) is 8.30. The molecule has 0 spiro atoms. The lowest BCUT2D eigenvalue weighted by Crippen LogP contribution is -2.48. The molecule has 1 aromatic carbocycles. The van der Waals surface area contributed by atoms with Crippen LogP contribution in [0.15, 0.2) is 17.0 Å². The summed E-state index contributed by atoms with van der Waals surface area (Å²) in [7, 11) is -0.716. The molecule has 2 rings (SSSR count). The molecule has 1 aliphatic heterocycles. The van der Waals surface area contributed by atoms with Crippen molar-refractivity contribution in [3.63, 3.8) is 0 Å². The third-order valence-corrected chi connectivity index (χ3v) is 5.71. The van der Waals surface area contributed by atoms with Crippen molar-refractivity contribution in [3.05, 3.63) is 17.7 Å². The van der Waals surface area contributed by atoms with Gasteiger partial charge in [-0.25, -0.2) is 8.42 Å². The molecule has 7 nitrogen and oxygen atoms in total. The summed E-state index contributed by atoms with van der Waals surface area (Å²) in [5.41, 5.74) is 0.637. The summed E-state index contributed by atoms with van der Waals surface area (Å²) in [5.74, 6) is 0.860. The Morgan fingerprint density at radius 1 is 1.09 bits per heavy atom. The van der Waals surface area contributed by atoms with Crippen LogP contribution in [-0.4, -0.2) is 64.4 Å². The van der Waals surface area contributed by atoms with E-state index in [1.54, 1.807) is 17.9 Å². The van der Waals surface area contributed by atoms with Crippen molar-refractivity contribution in [2.24, 2.45) is 0 Å². The molecule has 1 aromatic rings. The van der Waals surface area contributed by atoms with Crippen molar-refractivity contribution in [1.29, 1.82) is 0 Å². The van der Waals surface area contributed by atoms with Crippen LogP contribution in [0.5, 0.6) is 11.5 Å². The second-order valence-electron chi connectivity index (χ2n) is 4.97. The first-order valence-electron chi connectivity index (χ1n) is 6.86. The van der Waals surface area contributed by atoms with Gasteiger partial charge in [-0.3, -0.25) is 4.79 Å². The van der Waals surface area contributed by atoms with Crippen molar-refractivity contribution >= 4 is 16.4 Å². The molecule has 0 unspecified atom stereocenters. The fourth-order valence-corrected chi connectivity index (χ4v) is 4.15. The lowest BCUT2D eigenvalue weighted by Gasteiger charge is -2.32. The van der Waals surface area contributed by atoms with Gasteiger partial charge in [0.1, 0.15) is 16.4 Å². The SMILES string of the molecule is COc1ccc(S(=O)(=O)N2CCN(C=O)CC2)c(OC)c1C. The van der Waals surface area contributed by atoms with Crippen LogP contribution in [-0.2, 0) is 14.8 Å². The molecule has 1 amide bonds. The van der Waals surface area contributed by atoms with E-state index in [0.717, 1.165) is 6.41 Å². The molecule has 0 saturated carbocycles. The maximum absolute atomic E-state index is 12.8. The molecule has 122 valence electrons. The molecule has 1 aliphatic rings. The second-order valence-corrected chi connectivity index (χ2v) is 6.88. The van der Waals surface area contributed by atoms with E-state index in [0.29, 0.717) is 24.4 Å². The number of nitrogens with zero attached hydrogens (tertiary/aromatic N) is 2. The Morgan fingerprint density at radius 2 is 1.73 bits per heavy atom. The van der Waals surface area contributed by atoms with E-state index in [-0.39, 0.29) is 23.7 Å². The molecule has 0 bridgehead atoms. The van der Waals surface area contributed by atoms with E-state index >= 15 is 0 Å². The first kappa shape index (κ1) is 16.6. The number of amides is 1. The molecule has 0 N–H and O–H groups in total. The van der Waals surface area contributed by atoms with Crippen LogP contribution < -0.4 is 9.47 Å². The zero-order valence-corrected chi connectivity index (χ0v) is 13.7. The summed E-state index contributed by atoms with van der Waals surface area (Å²) >= 11 is 0. The number of sulfonamides is 1. The van der Waals surface area contributed by atoms with E-state index in [2.05, 4.69) is 0 Å². The van der Waals surface area contributed by atoms with Crippen LogP contribution in [0.2, 0.25) is 0 Å². The maximum Gasteiger partial charge on any atom is 0.246 e. The molecule has 0 aliphatic carbocycles. The van der Waals surface area contributed by atoms with Gasteiger partial charge in [0.15, 0.2) is 0 Å². The summed E-state index contributed by atoms with van der Waals surface area (Å²) in [6.07, 6.45) is 0.738. The lowest BCUT2D eigenvalue weighted by atomic mass is 10.2. The third kappa shape index (κ3) is 2.89. The lowest BCUT2D eigenvalue weighted by molar-refractivity contribution is -0.119. The van der Waals surface area contributed by atoms with Gasteiger partial charge < -0.3 is 14.4 Å². The normalized spacial score (nSPS) is 16.4. The minimum atomic E-state index is -3.67. The Bertz CT molecular complexity index is 651. The number of hydrogen-bond donors (Lipinski definition) is 0. The van der Waals surface area contributed by atoms with Gasteiger partial charge in [0.25, 0.3) is 0 Å². The second kappa shape index (κ2) is 6.53. The van der Waals surface area contributed by atoms with Crippen molar-refractivity contribution in [1.82, 2.24) is 9.21 Å². The number of piperazine rings is 1. The fourth-order valence-electron chi connectivity index (χ4n) is 2.52. The molecular weight excluding hydrogens is 308 g/mol. The molecule has 0 atom stereocenters. The molecule has 0 aromatic heterocycles. The van der Waals surface area contributed by atoms with E-state index in [4.69, 9.17) is 9.47 Å². The molecular formula is C14H20N2O5S. The van der Waals surface area contributed by atoms with Crippen molar-refractivity contribution < 1.29 is 22.7 Å². The molecule has 22 heavy (non-hydrogen) atoms. The van der Waals surface area contributed by atoms with Crippen LogP contribution in [0.3, 0.4) is 0 Å². The number of benzene rings is 1. The topological polar surface area (TPSA) is 76.2 Å². The Hall–Kier alpha value is -1.80. The predicted molar refractivity (Wildman–Crippen MR) is 80.7 cm³/mol. The highest BCUT2D eigenvalue weighted by Crippen LogP contribution is 2.35. The highest BCUT2D eigenvalue weighted by Gasteiger charge is 2.31. The van der Waals surface area contributed by atoms with Gasteiger partial charge in [-0.2, -0.15) is 4.31 Å². The number of carbonyl (C=O) groups excluding carboxylic acids is 1. The Kier molecular flexibility index (Phi) is 4.92. The van der Waals surface area contributed by atoms with Crippen LogP contribution in [0.4, 0.5) is 0 Å². The number of hydrogen-bond acceptors (Lipinski definition) is 5. The van der Waals surface area contributed by atoms with Gasteiger partial charge in [0.05, 0.1) is 14.2 Å². The Morgan fingerprint density at radius 3 is 2.23 bits per heavy atom. The predicted octanol–water partition coefficient (Wildman–Crippen LogP) is 0.475. The number of rotatable bonds is 5. The minimum absolute atomic E-state index is 0.118. The average molecular weight is 328 g/mol. The summed E-state index contributed by atoms with van der Waals surface area (Å²) in [6.45, 7) is 3.08. The quantitative estimate of drug-likeness (QED) is 0.735. The zero-order valence-electron chi connectivity index (χ0n) is 12.9. The van der Waals surface area contributed by atoms with Gasteiger partial charge in [-0.15, -0.1) is 0 Å². The van der Waals surface area contributed by atoms with Crippen LogP contribution >= 0.6 is 0 Å². The highest BCUT2D eigenvalue weighted by molar-refractivity contribution is 7.89. The smallest absolute Gasteiger partial charge is 0.246 e. The average Bonchev–Trinajstić information content (AvgIpc) is 2.54. The van der Waals surface area contributed by atoms with Gasteiger partial charge in [-0.05, 0) is 19.1 Å². The van der Waals surface area contributed by atoms with E-state index in [9.17, 15) is 13.2 Å². The number of carbonyl (C=O) groups is 1.